The van der Waals surface area contributed by atoms with Crippen molar-refractivity contribution < 1.29 is 17.9 Å². The van der Waals surface area contributed by atoms with Crippen molar-refractivity contribution in [2.24, 2.45) is 0 Å². The third-order valence-electron chi connectivity index (χ3n) is 5.29. The number of nitrogens with one attached hydrogen (secondary N) is 2. The fourth-order valence-electron chi connectivity index (χ4n) is 3.66. The van der Waals surface area contributed by atoms with E-state index in [-0.39, 0.29) is 28.6 Å². The number of benzene rings is 2. The number of ether oxygens (including phenoxy) is 1. The summed E-state index contributed by atoms with van der Waals surface area (Å²) in [5, 5.41) is 3.07. The number of hydrogen-bond acceptors (Lipinski definition) is 4. The third kappa shape index (κ3) is 3.91. The summed E-state index contributed by atoms with van der Waals surface area (Å²) in [6.45, 7) is 0. The molecule has 1 saturated carbocycles. The van der Waals surface area contributed by atoms with E-state index in [1.807, 2.05) is 18.2 Å². The van der Waals surface area contributed by atoms with E-state index in [1.165, 1.54) is 24.8 Å². The quantitative estimate of drug-likeness (QED) is 0.781. The number of carbonyl (C=O) groups excluding carboxylic acids is 1. The molecule has 2 aliphatic carbocycles. The van der Waals surface area contributed by atoms with Gasteiger partial charge < -0.3 is 10.1 Å². The van der Waals surface area contributed by atoms with Gasteiger partial charge in [-0.25, -0.2) is 13.1 Å². The zero-order chi connectivity index (χ0) is 19.7. The lowest BCUT2D eigenvalue weighted by molar-refractivity contribution is 0.0932. The Labute approximate surface area is 165 Å². The molecule has 7 heteroatoms. The van der Waals surface area contributed by atoms with Crippen LogP contribution < -0.4 is 14.8 Å². The molecule has 0 saturated heterocycles. The van der Waals surface area contributed by atoms with Crippen molar-refractivity contribution in [2.75, 3.05) is 7.11 Å². The first-order valence-corrected chi connectivity index (χ1v) is 11.1. The van der Waals surface area contributed by atoms with Crippen molar-refractivity contribution in [1.29, 1.82) is 0 Å². The number of aryl methyl sites for hydroxylation is 1. The second-order valence-electron chi connectivity index (χ2n) is 7.38. The Balaban J connectivity index is 1.59. The van der Waals surface area contributed by atoms with E-state index in [1.54, 1.807) is 6.07 Å². The van der Waals surface area contributed by atoms with E-state index in [0.29, 0.717) is 5.56 Å². The average Bonchev–Trinajstić information content (AvgIpc) is 3.51. The molecule has 1 atom stereocenters. The van der Waals surface area contributed by atoms with E-state index in [4.69, 9.17) is 4.74 Å². The van der Waals surface area contributed by atoms with Crippen LogP contribution in [0.4, 0.5) is 0 Å². The van der Waals surface area contributed by atoms with E-state index < -0.39 is 10.0 Å². The highest BCUT2D eigenvalue weighted by atomic mass is 32.2. The maximum absolute atomic E-state index is 12.9. The fourth-order valence-corrected chi connectivity index (χ4v) is 5.16. The smallest absolute Gasteiger partial charge is 0.251 e. The lowest BCUT2D eigenvalue weighted by Gasteiger charge is -2.26. The van der Waals surface area contributed by atoms with Gasteiger partial charge >= 0.3 is 0 Å². The van der Waals surface area contributed by atoms with Crippen LogP contribution in [0.2, 0.25) is 0 Å². The molecule has 4 rings (SSSR count). The molecular formula is C21H24N2O4S. The van der Waals surface area contributed by atoms with E-state index >= 15 is 0 Å². The molecule has 2 N–H and O–H groups in total. The van der Waals surface area contributed by atoms with Gasteiger partial charge in [-0.3, -0.25) is 4.79 Å². The first-order valence-electron chi connectivity index (χ1n) is 9.57. The minimum Gasteiger partial charge on any atom is -0.495 e. The predicted octanol–water partition coefficient (Wildman–Crippen LogP) is 2.94. The highest BCUT2D eigenvalue weighted by Crippen LogP contribution is 2.31. The first-order chi connectivity index (χ1) is 13.5. The van der Waals surface area contributed by atoms with Gasteiger partial charge in [-0.15, -0.1) is 0 Å². The van der Waals surface area contributed by atoms with Crippen LogP contribution in [-0.4, -0.2) is 27.5 Å². The Morgan fingerprint density at radius 2 is 1.89 bits per heavy atom. The van der Waals surface area contributed by atoms with Gasteiger partial charge in [0.1, 0.15) is 10.6 Å². The number of amides is 1. The minimum atomic E-state index is -3.73. The molecule has 0 radical (unpaired) electrons. The number of methoxy groups -OCH3 is 1. The largest absolute Gasteiger partial charge is 0.495 e. The zero-order valence-corrected chi connectivity index (χ0v) is 16.6. The van der Waals surface area contributed by atoms with Crippen molar-refractivity contribution in [3.05, 3.63) is 59.2 Å². The average molecular weight is 401 g/mol. The van der Waals surface area contributed by atoms with E-state index in [2.05, 4.69) is 16.1 Å². The molecule has 0 heterocycles. The van der Waals surface area contributed by atoms with Crippen molar-refractivity contribution in [1.82, 2.24) is 10.0 Å². The van der Waals surface area contributed by atoms with Crippen molar-refractivity contribution >= 4 is 15.9 Å². The van der Waals surface area contributed by atoms with Gasteiger partial charge in [-0.05, 0) is 61.4 Å². The van der Waals surface area contributed by atoms with Gasteiger partial charge in [0.15, 0.2) is 0 Å². The van der Waals surface area contributed by atoms with Gasteiger partial charge in [0.25, 0.3) is 5.91 Å². The molecular weight excluding hydrogens is 376 g/mol. The second kappa shape index (κ2) is 7.56. The SMILES string of the molecule is COc1ccc(C(=O)N[C@H]2CCCc3ccccc32)cc1S(=O)(=O)NC1CC1. The second-order valence-corrected chi connectivity index (χ2v) is 9.06. The fraction of sp³-hybridized carbons (Fsp3) is 0.381. The number of fused-ring (bicyclic) bond motifs is 1. The molecule has 1 amide bonds. The van der Waals surface area contributed by atoms with E-state index in [0.717, 1.165) is 37.7 Å². The summed E-state index contributed by atoms with van der Waals surface area (Å²) in [5.74, 6) is -0.0556. The highest BCUT2D eigenvalue weighted by Gasteiger charge is 2.30. The summed E-state index contributed by atoms with van der Waals surface area (Å²) < 4.78 is 33.2. The molecule has 148 valence electrons. The van der Waals surface area contributed by atoms with E-state index in [9.17, 15) is 13.2 Å². The van der Waals surface area contributed by atoms with Crippen LogP contribution in [0.5, 0.6) is 5.75 Å². The molecule has 0 aliphatic heterocycles. The number of hydrogen-bond donors (Lipinski definition) is 2. The van der Waals surface area contributed by atoms with Gasteiger partial charge in [0, 0.05) is 11.6 Å². The molecule has 28 heavy (non-hydrogen) atoms. The van der Waals surface area contributed by atoms with Crippen LogP contribution in [0.25, 0.3) is 0 Å². The molecule has 2 aliphatic rings. The molecule has 0 bridgehead atoms. The summed E-state index contributed by atoms with van der Waals surface area (Å²) in [6.07, 6.45) is 4.56. The van der Waals surface area contributed by atoms with Crippen LogP contribution in [-0.2, 0) is 16.4 Å². The molecule has 0 aromatic heterocycles. The van der Waals surface area contributed by atoms with Crippen LogP contribution in [0, 0.1) is 0 Å². The highest BCUT2D eigenvalue weighted by molar-refractivity contribution is 7.89. The molecule has 0 spiro atoms. The summed E-state index contributed by atoms with van der Waals surface area (Å²) in [5.41, 5.74) is 2.70. The van der Waals surface area contributed by atoms with Gasteiger partial charge in [-0.2, -0.15) is 0 Å². The normalized spacial score (nSPS) is 19.0. The van der Waals surface area contributed by atoms with Crippen LogP contribution in [0.3, 0.4) is 0 Å². The summed E-state index contributed by atoms with van der Waals surface area (Å²) in [6, 6.07) is 12.6. The van der Waals surface area contributed by atoms with Crippen molar-refractivity contribution in [2.45, 2.75) is 49.1 Å². The Morgan fingerprint density at radius 1 is 1.11 bits per heavy atom. The molecule has 1 fully saturated rings. The number of rotatable bonds is 6. The lowest BCUT2D eigenvalue weighted by Crippen LogP contribution is -2.31. The maximum atomic E-state index is 12.9. The standard InChI is InChI=1S/C21H24N2O4S/c1-27-19-12-9-15(13-20(19)28(25,26)23-16-10-11-16)21(24)22-18-8-4-6-14-5-2-3-7-17(14)18/h2-3,5,7,9,12-13,16,18,23H,4,6,8,10-11H2,1H3,(H,22,24)/t18-/m0/s1. The van der Waals surface area contributed by atoms with Gasteiger partial charge in [0.05, 0.1) is 13.2 Å². The summed E-state index contributed by atoms with van der Waals surface area (Å²) >= 11 is 0. The molecule has 0 unspecified atom stereocenters. The topological polar surface area (TPSA) is 84.5 Å². The Bertz CT molecular complexity index is 999. The van der Waals surface area contributed by atoms with Gasteiger partial charge in [-0.1, -0.05) is 24.3 Å². The van der Waals surface area contributed by atoms with Crippen LogP contribution in [0.15, 0.2) is 47.4 Å². The van der Waals surface area contributed by atoms with Crippen LogP contribution >= 0.6 is 0 Å². The van der Waals surface area contributed by atoms with Gasteiger partial charge in [0.2, 0.25) is 10.0 Å². The number of carbonyl (C=O) groups is 1. The Morgan fingerprint density at radius 3 is 2.64 bits per heavy atom. The molecule has 6 nitrogen and oxygen atoms in total. The molecule has 2 aromatic carbocycles. The van der Waals surface area contributed by atoms with Crippen molar-refractivity contribution in [3.63, 3.8) is 0 Å². The summed E-state index contributed by atoms with van der Waals surface area (Å²) in [4.78, 5) is 12.9. The Kier molecular flexibility index (Phi) is 5.12. The number of sulfonamides is 1. The summed E-state index contributed by atoms with van der Waals surface area (Å²) in [7, 11) is -2.31. The monoisotopic (exact) mass is 400 g/mol. The zero-order valence-electron chi connectivity index (χ0n) is 15.8. The minimum absolute atomic E-state index is 0.00130. The maximum Gasteiger partial charge on any atom is 0.251 e. The Hall–Kier alpha value is -2.38. The lowest BCUT2D eigenvalue weighted by atomic mass is 9.87. The predicted molar refractivity (Wildman–Crippen MR) is 106 cm³/mol. The van der Waals surface area contributed by atoms with Crippen LogP contribution in [0.1, 0.15) is 53.2 Å². The molecule has 2 aromatic rings. The third-order valence-corrected chi connectivity index (χ3v) is 6.83. The first kappa shape index (κ1) is 19.0. The van der Waals surface area contributed by atoms with Crippen molar-refractivity contribution in [3.8, 4) is 5.75 Å².